The molecule has 1 unspecified atom stereocenters. The van der Waals surface area contributed by atoms with Crippen LogP contribution in [0.1, 0.15) is 19.4 Å². The fourth-order valence-corrected chi connectivity index (χ4v) is 3.65. The monoisotopic (exact) mass is 290 g/mol. The summed E-state index contributed by atoms with van der Waals surface area (Å²) >= 11 is 0. The molecule has 2 rings (SSSR count). The fraction of sp³-hybridized carbons (Fsp3) is 0.312. The Labute approximate surface area is 121 Å². The van der Waals surface area contributed by atoms with Crippen molar-refractivity contribution in [2.45, 2.75) is 31.3 Å². The summed E-state index contributed by atoms with van der Waals surface area (Å²) in [4.78, 5) is 12.1. The van der Waals surface area contributed by atoms with Gasteiger partial charge in [0, 0.05) is 4.90 Å². The van der Waals surface area contributed by atoms with Crippen molar-refractivity contribution in [3.63, 3.8) is 0 Å². The molecule has 1 aromatic rings. The van der Waals surface area contributed by atoms with E-state index in [0.717, 1.165) is 5.56 Å². The Morgan fingerprint density at radius 1 is 1.05 bits per heavy atom. The van der Waals surface area contributed by atoms with Crippen molar-refractivity contribution < 1.29 is 14.1 Å². The van der Waals surface area contributed by atoms with Crippen LogP contribution in [0.2, 0.25) is 0 Å². The summed E-state index contributed by atoms with van der Waals surface area (Å²) < 4.78 is 12.4. The molecule has 0 heterocycles. The minimum Gasteiger partial charge on any atom is -0.380 e. The predicted molar refractivity (Wildman–Crippen MR) is 79.9 cm³/mol. The lowest BCUT2D eigenvalue weighted by Crippen LogP contribution is -2.40. The van der Waals surface area contributed by atoms with E-state index < -0.39 is 16.4 Å². The van der Waals surface area contributed by atoms with Gasteiger partial charge < -0.3 is 5.11 Å². The number of benzene rings is 1. The molecule has 1 aromatic carbocycles. The zero-order valence-corrected chi connectivity index (χ0v) is 12.7. The minimum absolute atomic E-state index is 0.0635. The number of allylic oxidation sites excluding steroid dienone is 2. The lowest BCUT2D eigenvalue weighted by atomic mass is 9.84. The molecule has 0 fully saturated rings. The van der Waals surface area contributed by atoms with Gasteiger partial charge >= 0.3 is 0 Å². The third-order valence-corrected chi connectivity index (χ3v) is 5.12. The van der Waals surface area contributed by atoms with Crippen LogP contribution in [0.25, 0.3) is 0 Å². The standard InChI is InChI=1S/C16H18O3S/c1-11-4-6-15(7-5-11)20(19)10-16(18)12(2)8-14(17)9-13(16)3/h4-9,18H,10H2,1-3H3. The Bertz CT molecular complexity index is 602. The number of carbonyl (C=O) groups excluding carboxylic acids is 1. The number of aryl methyl sites for hydroxylation is 1. The largest absolute Gasteiger partial charge is 0.380 e. The lowest BCUT2D eigenvalue weighted by Gasteiger charge is -2.32. The summed E-state index contributed by atoms with van der Waals surface area (Å²) in [6.07, 6.45) is 2.80. The predicted octanol–water partition coefficient (Wildman–Crippen LogP) is 2.31. The van der Waals surface area contributed by atoms with Gasteiger partial charge in [-0.3, -0.25) is 9.00 Å². The maximum Gasteiger partial charge on any atom is 0.178 e. The van der Waals surface area contributed by atoms with Gasteiger partial charge in [-0.05, 0) is 56.2 Å². The van der Waals surface area contributed by atoms with Gasteiger partial charge in [-0.25, -0.2) is 0 Å². The zero-order valence-electron chi connectivity index (χ0n) is 11.8. The molecule has 1 aliphatic carbocycles. The number of hydrogen-bond donors (Lipinski definition) is 1. The van der Waals surface area contributed by atoms with Crippen molar-refractivity contribution in [3.8, 4) is 0 Å². The molecular formula is C16H18O3S. The summed E-state index contributed by atoms with van der Waals surface area (Å²) in [5.74, 6) is -0.0700. The fourth-order valence-electron chi connectivity index (χ4n) is 2.21. The normalized spacial score (nSPS) is 19.3. The smallest absolute Gasteiger partial charge is 0.178 e. The van der Waals surface area contributed by atoms with Crippen LogP contribution in [0.5, 0.6) is 0 Å². The highest BCUT2D eigenvalue weighted by Crippen LogP contribution is 2.31. The van der Waals surface area contributed by atoms with Crippen molar-refractivity contribution in [2.24, 2.45) is 0 Å². The van der Waals surface area contributed by atoms with Crippen molar-refractivity contribution >= 4 is 16.6 Å². The van der Waals surface area contributed by atoms with Gasteiger partial charge in [0.15, 0.2) is 5.78 Å². The van der Waals surface area contributed by atoms with Crippen molar-refractivity contribution in [3.05, 3.63) is 53.1 Å². The van der Waals surface area contributed by atoms with Crippen molar-refractivity contribution in [2.75, 3.05) is 5.75 Å². The Morgan fingerprint density at radius 3 is 2.05 bits per heavy atom. The third-order valence-electron chi connectivity index (χ3n) is 3.65. The van der Waals surface area contributed by atoms with E-state index in [0.29, 0.717) is 16.0 Å². The van der Waals surface area contributed by atoms with Gasteiger partial charge in [-0.1, -0.05) is 17.7 Å². The van der Waals surface area contributed by atoms with Gasteiger partial charge in [0.2, 0.25) is 0 Å². The number of carbonyl (C=O) groups is 1. The molecule has 106 valence electrons. The average Bonchev–Trinajstić information content (AvgIpc) is 2.37. The van der Waals surface area contributed by atoms with Crippen molar-refractivity contribution in [1.29, 1.82) is 0 Å². The molecule has 1 atom stereocenters. The van der Waals surface area contributed by atoms with E-state index in [4.69, 9.17) is 0 Å². The van der Waals surface area contributed by atoms with E-state index in [-0.39, 0.29) is 11.5 Å². The van der Waals surface area contributed by atoms with E-state index in [1.165, 1.54) is 12.2 Å². The number of ketones is 1. The molecule has 0 bridgehead atoms. The number of aliphatic hydroxyl groups is 1. The molecule has 0 saturated heterocycles. The van der Waals surface area contributed by atoms with Crippen molar-refractivity contribution in [1.82, 2.24) is 0 Å². The first-order valence-electron chi connectivity index (χ1n) is 6.42. The third kappa shape index (κ3) is 2.81. The summed E-state index contributed by atoms with van der Waals surface area (Å²) in [5.41, 5.74) is 0.884. The number of hydrogen-bond acceptors (Lipinski definition) is 3. The highest BCUT2D eigenvalue weighted by atomic mass is 32.2. The molecule has 0 radical (unpaired) electrons. The first-order chi connectivity index (χ1) is 9.33. The van der Waals surface area contributed by atoms with Gasteiger partial charge in [-0.2, -0.15) is 0 Å². The van der Waals surface area contributed by atoms with E-state index in [1.54, 1.807) is 26.0 Å². The summed E-state index contributed by atoms with van der Waals surface area (Å²) in [6.45, 7) is 5.36. The lowest BCUT2D eigenvalue weighted by molar-refractivity contribution is -0.110. The number of rotatable bonds is 3. The molecule has 0 amide bonds. The molecule has 4 heteroatoms. The van der Waals surface area contributed by atoms with Crippen LogP contribution in [0.4, 0.5) is 0 Å². The van der Waals surface area contributed by atoms with Crippen LogP contribution in [0.15, 0.2) is 52.5 Å². The van der Waals surface area contributed by atoms with Gasteiger partial charge in [-0.15, -0.1) is 0 Å². The quantitative estimate of drug-likeness (QED) is 0.929. The minimum atomic E-state index is -1.32. The Kier molecular flexibility index (Phi) is 4.06. The van der Waals surface area contributed by atoms with E-state index in [1.807, 2.05) is 19.1 Å². The van der Waals surface area contributed by atoms with Crippen LogP contribution >= 0.6 is 0 Å². The second-order valence-corrected chi connectivity index (χ2v) is 6.67. The van der Waals surface area contributed by atoms with Crippen LogP contribution in [0.3, 0.4) is 0 Å². The van der Waals surface area contributed by atoms with Gasteiger partial charge in [0.05, 0.1) is 16.6 Å². The van der Waals surface area contributed by atoms with E-state index in [9.17, 15) is 14.1 Å². The maximum absolute atomic E-state index is 12.4. The summed E-state index contributed by atoms with van der Waals surface area (Å²) in [6, 6.07) is 7.40. The molecule has 0 aromatic heterocycles. The SMILES string of the molecule is CC1=CC(=O)C=C(C)C1(O)CS(=O)c1ccc(C)cc1. The Hall–Kier alpha value is -1.52. The molecule has 3 nitrogen and oxygen atoms in total. The van der Waals surface area contributed by atoms with Crippen LogP contribution in [-0.4, -0.2) is 26.5 Å². The molecule has 0 saturated carbocycles. The summed E-state index contributed by atoms with van der Waals surface area (Å²) in [5, 5.41) is 10.7. The molecule has 0 aliphatic heterocycles. The highest BCUT2D eigenvalue weighted by molar-refractivity contribution is 7.85. The molecule has 1 aliphatic rings. The van der Waals surface area contributed by atoms with E-state index >= 15 is 0 Å². The topological polar surface area (TPSA) is 54.4 Å². The van der Waals surface area contributed by atoms with Crippen LogP contribution in [0, 0.1) is 6.92 Å². The Morgan fingerprint density at radius 2 is 1.55 bits per heavy atom. The van der Waals surface area contributed by atoms with Gasteiger partial charge in [0.25, 0.3) is 0 Å². The second-order valence-electron chi connectivity index (χ2n) is 5.22. The second kappa shape index (κ2) is 5.46. The zero-order chi connectivity index (χ0) is 14.9. The van der Waals surface area contributed by atoms with Gasteiger partial charge in [0.1, 0.15) is 5.60 Å². The molecular weight excluding hydrogens is 272 g/mol. The average molecular weight is 290 g/mol. The molecule has 0 spiro atoms. The van der Waals surface area contributed by atoms with Crippen LogP contribution < -0.4 is 0 Å². The maximum atomic E-state index is 12.4. The highest BCUT2D eigenvalue weighted by Gasteiger charge is 2.36. The van der Waals surface area contributed by atoms with Crippen LogP contribution in [-0.2, 0) is 15.6 Å². The van der Waals surface area contributed by atoms with E-state index in [2.05, 4.69) is 0 Å². The molecule has 20 heavy (non-hydrogen) atoms. The first-order valence-corrected chi connectivity index (χ1v) is 7.74. The molecule has 1 N–H and O–H groups in total. The summed E-state index contributed by atoms with van der Waals surface area (Å²) in [7, 11) is -1.32. The Balaban J connectivity index is 2.26. The first kappa shape index (κ1) is 14.9.